The first-order valence-electron chi connectivity index (χ1n) is 5.53. The van der Waals surface area contributed by atoms with Crippen LogP contribution in [0.15, 0.2) is 42.9 Å². The van der Waals surface area contributed by atoms with Crippen LogP contribution in [-0.4, -0.2) is 15.1 Å². The lowest BCUT2D eigenvalue weighted by Crippen LogP contribution is -1.88. The van der Waals surface area contributed by atoms with Gasteiger partial charge in [0.25, 0.3) is 0 Å². The predicted molar refractivity (Wildman–Crippen MR) is 66.6 cm³/mol. The fourth-order valence-electron chi connectivity index (χ4n) is 1.96. The molecule has 0 atom stereocenters. The summed E-state index contributed by atoms with van der Waals surface area (Å²) in [7, 11) is 0. The molecule has 2 aromatic carbocycles. The number of rotatable bonds is 1. The number of aromatic nitrogens is 2. The van der Waals surface area contributed by atoms with Crippen molar-refractivity contribution < 1.29 is 13.9 Å². The minimum atomic E-state index is -0.685. The highest BCUT2D eigenvalue weighted by molar-refractivity contribution is 5.88. The van der Waals surface area contributed by atoms with E-state index in [4.69, 9.17) is 0 Å². The Hall–Kier alpha value is -2.56. The number of phenols is 1. The fraction of sp³-hybridized carbons (Fsp3) is 0. The molecule has 3 aromatic rings. The van der Waals surface area contributed by atoms with Gasteiger partial charge in [0.1, 0.15) is 29.2 Å². The third kappa shape index (κ3) is 1.99. The first-order valence-corrected chi connectivity index (χ1v) is 5.53. The maximum atomic E-state index is 13.7. The molecule has 0 aliphatic heterocycles. The lowest BCUT2D eigenvalue weighted by Gasteiger charge is -2.06. The minimum Gasteiger partial charge on any atom is -0.506 e. The highest BCUT2D eigenvalue weighted by Gasteiger charge is 2.10. The molecule has 3 rings (SSSR count). The highest BCUT2D eigenvalue weighted by Crippen LogP contribution is 2.31. The summed E-state index contributed by atoms with van der Waals surface area (Å²) in [4.78, 5) is 7.79. The van der Waals surface area contributed by atoms with E-state index in [0.29, 0.717) is 16.5 Å². The van der Waals surface area contributed by atoms with Crippen LogP contribution in [0, 0.1) is 11.6 Å². The average Bonchev–Trinajstić information content (AvgIpc) is 2.38. The van der Waals surface area contributed by atoms with Crippen molar-refractivity contribution >= 4 is 10.9 Å². The van der Waals surface area contributed by atoms with Gasteiger partial charge < -0.3 is 5.11 Å². The van der Waals surface area contributed by atoms with Gasteiger partial charge in [-0.15, -0.1) is 0 Å². The average molecular weight is 258 g/mol. The largest absolute Gasteiger partial charge is 0.506 e. The second-order valence-corrected chi connectivity index (χ2v) is 4.08. The summed E-state index contributed by atoms with van der Waals surface area (Å²) in [6.07, 6.45) is 2.84. The summed E-state index contributed by atoms with van der Waals surface area (Å²) in [5, 5.41) is 10.5. The molecule has 0 saturated carbocycles. The van der Waals surface area contributed by atoms with Crippen molar-refractivity contribution in [2.24, 2.45) is 0 Å². The third-order valence-corrected chi connectivity index (χ3v) is 2.83. The molecular weight excluding hydrogens is 250 g/mol. The first kappa shape index (κ1) is 11.5. The second-order valence-electron chi connectivity index (χ2n) is 4.08. The van der Waals surface area contributed by atoms with Crippen LogP contribution < -0.4 is 0 Å². The molecule has 0 radical (unpaired) electrons. The molecule has 0 saturated heterocycles. The second kappa shape index (κ2) is 4.28. The zero-order valence-electron chi connectivity index (χ0n) is 9.64. The van der Waals surface area contributed by atoms with Gasteiger partial charge >= 0.3 is 0 Å². The van der Waals surface area contributed by atoms with E-state index in [-0.39, 0.29) is 11.3 Å². The van der Waals surface area contributed by atoms with E-state index >= 15 is 0 Å². The van der Waals surface area contributed by atoms with Gasteiger partial charge in [0.2, 0.25) is 0 Å². The number of hydrogen-bond acceptors (Lipinski definition) is 3. The third-order valence-electron chi connectivity index (χ3n) is 2.83. The SMILES string of the molecule is Oc1cc(-c2ccc(F)cc2F)cc2cncnc12. The molecule has 1 aromatic heterocycles. The van der Waals surface area contributed by atoms with E-state index in [1.54, 1.807) is 6.07 Å². The summed E-state index contributed by atoms with van der Waals surface area (Å²) < 4.78 is 26.6. The van der Waals surface area contributed by atoms with Crippen LogP contribution in [0.4, 0.5) is 8.78 Å². The smallest absolute Gasteiger partial charge is 0.142 e. The molecule has 0 bridgehead atoms. The highest BCUT2D eigenvalue weighted by atomic mass is 19.1. The van der Waals surface area contributed by atoms with Crippen LogP contribution >= 0.6 is 0 Å². The van der Waals surface area contributed by atoms with Crippen molar-refractivity contribution in [2.45, 2.75) is 0 Å². The zero-order valence-corrected chi connectivity index (χ0v) is 9.64. The molecule has 0 fully saturated rings. The van der Waals surface area contributed by atoms with E-state index in [0.717, 1.165) is 6.07 Å². The Morgan fingerprint density at radius 3 is 2.68 bits per heavy atom. The summed E-state index contributed by atoms with van der Waals surface area (Å²) >= 11 is 0. The van der Waals surface area contributed by atoms with Crippen LogP contribution in [0.3, 0.4) is 0 Å². The summed E-state index contributed by atoms with van der Waals surface area (Å²) in [6, 6.07) is 6.34. The van der Waals surface area contributed by atoms with Crippen molar-refractivity contribution in [3.8, 4) is 16.9 Å². The van der Waals surface area contributed by atoms with Gasteiger partial charge in [-0.05, 0) is 29.8 Å². The van der Waals surface area contributed by atoms with Crippen molar-refractivity contribution in [3.63, 3.8) is 0 Å². The fourth-order valence-corrected chi connectivity index (χ4v) is 1.96. The summed E-state index contributed by atoms with van der Waals surface area (Å²) in [6.45, 7) is 0. The van der Waals surface area contributed by atoms with Gasteiger partial charge in [-0.1, -0.05) is 0 Å². The number of aromatic hydroxyl groups is 1. The molecule has 0 amide bonds. The maximum absolute atomic E-state index is 13.7. The Bertz CT molecular complexity index is 774. The number of nitrogens with zero attached hydrogens (tertiary/aromatic N) is 2. The summed E-state index contributed by atoms with van der Waals surface area (Å²) in [5.74, 6) is -1.40. The van der Waals surface area contributed by atoms with Gasteiger partial charge in [0.15, 0.2) is 0 Å². The van der Waals surface area contributed by atoms with E-state index in [1.165, 1.54) is 30.7 Å². The number of halogens is 2. The number of phenolic OH excluding ortho intramolecular Hbond substituents is 1. The maximum Gasteiger partial charge on any atom is 0.142 e. The van der Waals surface area contributed by atoms with Crippen molar-refractivity contribution in [1.82, 2.24) is 9.97 Å². The van der Waals surface area contributed by atoms with Crippen LogP contribution in [-0.2, 0) is 0 Å². The molecule has 5 heteroatoms. The molecular formula is C14H8F2N2O. The number of fused-ring (bicyclic) bond motifs is 1. The zero-order chi connectivity index (χ0) is 13.4. The summed E-state index contributed by atoms with van der Waals surface area (Å²) in [5.41, 5.74) is 1.04. The molecule has 0 aliphatic rings. The molecule has 19 heavy (non-hydrogen) atoms. The predicted octanol–water partition coefficient (Wildman–Crippen LogP) is 3.28. The van der Waals surface area contributed by atoms with E-state index in [9.17, 15) is 13.9 Å². The molecule has 1 N–H and O–H groups in total. The van der Waals surface area contributed by atoms with E-state index in [2.05, 4.69) is 9.97 Å². The van der Waals surface area contributed by atoms with Gasteiger partial charge in [-0.2, -0.15) is 0 Å². The molecule has 0 aliphatic carbocycles. The van der Waals surface area contributed by atoms with Gasteiger partial charge in [0, 0.05) is 23.2 Å². The Kier molecular flexibility index (Phi) is 2.59. The molecule has 0 unspecified atom stereocenters. The Balaban J connectivity index is 2.25. The topological polar surface area (TPSA) is 46.0 Å². The van der Waals surface area contributed by atoms with Gasteiger partial charge in [-0.3, -0.25) is 0 Å². The monoisotopic (exact) mass is 258 g/mol. The lowest BCUT2D eigenvalue weighted by atomic mass is 10.0. The lowest BCUT2D eigenvalue weighted by molar-refractivity contribution is 0.480. The first-order chi connectivity index (χ1) is 9.15. The Morgan fingerprint density at radius 2 is 1.89 bits per heavy atom. The minimum absolute atomic E-state index is 0.0707. The van der Waals surface area contributed by atoms with Crippen molar-refractivity contribution in [2.75, 3.05) is 0 Å². The molecule has 3 nitrogen and oxygen atoms in total. The van der Waals surface area contributed by atoms with Crippen LogP contribution in [0.5, 0.6) is 5.75 Å². The number of benzene rings is 2. The van der Waals surface area contributed by atoms with Crippen LogP contribution in [0.25, 0.3) is 22.0 Å². The van der Waals surface area contributed by atoms with Crippen LogP contribution in [0.1, 0.15) is 0 Å². The quantitative estimate of drug-likeness (QED) is 0.728. The molecule has 1 heterocycles. The van der Waals surface area contributed by atoms with Gasteiger partial charge in [0.05, 0.1) is 0 Å². The molecule has 94 valence electrons. The van der Waals surface area contributed by atoms with E-state index < -0.39 is 11.6 Å². The number of hydrogen-bond donors (Lipinski definition) is 1. The molecule has 0 spiro atoms. The Morgan fingerprint density at radius 1 is 1.05 bits per heavy atom. The van der Waals surface area contributed by atoms with E-state index in [1.807, 2.05) is 0 Å². The van der Waals surface area contributed by atoms with Gasteiger partial charge in [-0.25, -0.2) is 18.7 Å². The Labute approximate surface area is 107 Å². The van der Waals surface area contributed by atoms with Crippen molar-refractivity contribution in [3.05, 3.63) is 54.5 Å². The van der Waals surface area contributed by atoms with Crippen molar-refractivity contribution in [1.29, 1.82) is 0 Å². The standard InChI is InChI=1S/C14H8F2N2O/c15-10-1-2-11(12(16)5-10)8-3-9-6-17-7-18-14(9)13(19)4-8/h1-7,19H. The normalized spacial score (nSPS) is 10.8. The van der Waals surface area contributed by atoms with Crippen LogP contribution in [0.2, 0.25) is 0 Å².